The lowest BCUT2D eigenvalue weighted by Crippen LogP contribution is -2.01. The van der Waals surface area contributed by atoms with E-state index in [9.17, 15) is 0 Å². The number of pyridine rings is 1. The molecule has 2 heterocycles. The molecule has 238 valence electrons. The molecule has 0 aliphatic carbocycles. The Balaban J connectivity index is 1.35. The third kappa shape index (κ3) is 4.84. The highest BCUT2D eigenvalue weighted by Gasteiger charge is 2.21. The van der Waals surface area contributed by atoms with Gasteiger partial charge >= 0.3 is 0 Å². The summed E-state index contributed by atoms with van der Waals surface area (Å²) in [5.74, 6) is 0. The quantitative estimate of drug-likeness (QED) is 0.170. The Kier molecular flexibility index (Phi) is 6.85. The van der Waals surface area contributed by atoms with Crippen molar-refractivity contribution in [3.63, 3.8) is 0 Å². The second-order valence-corrected chi connectivity index (χ2v) is 13.1. The second-order valence-electron chi connectivity index (χ2n) is 13.1. The zero-order valence-electron chi connectivity index (χ0n) is 27.9. The molecule has 2 heteroatoms. The Morgan fingerprint density at radius 2 is 0.922 bits per heavy atom. The van der Waals surface area contributed by atoms with Crippen LogP contribution in [-0.2, 0) is 0 Å². The number of para-hydroxylation sites is 1. The molecule has 10 rings (SSSR count). The van der Waals surface area contributed by atoms with E-state index >= 15 is 0 Å². The van der Waals surface area contributed by atoms with Gasteiger partial charge in [-0.2, -0.15) is 0 Å². The summed E-state index contributed by atoms with van der Waals surface area (Å²) in [5.41, 5.74) is 11.3. The van der Waals surface area contributed by atoms with E-state index in [2.05, 4.69) is 199 Å². The summed E-state index contributed by atoms with van der Waals surface area (Å²) in [6.07, 6.45) is 0. The summed E-state index contributed by atoms with van der Waals surface area (Å²) in [6.45, 7) is 0. The number of rotatable bonds is 5. The Hall–Kier alpha value is -6.77. The molecule has 51 heavy (non-hydrogen) atoms. The molecule has 0 aliphatic heterocycles. The molecule has 0 N–H and O–H groups in total. The lowest BCUT2D eigenvalue weighted by atomic mass is 9.85. The molecule has 2 nitrogen and oxygen atoms in total. The van der Waals surface area contributed by atoms with Crippen molar-refractivity contribution in [1.29, 1.82) is 0 Å². The third-order valence-electron chi connectivity index (χ3n) is 10.2. The lowest BCUT2D eigenvalue weighted by Gasteiger charge is -2.21. The van der Waals surface area contributed by atoms with Crippen LogP contribution >= 0.6 is 0 Å². The molecule has 0 saturated heterocycles. The molecule has 0 bridgehead atoms. The molecule has 0 atom stereocenters. The second kappa shape index (κ2) is 12.0. The first-order valence-electron chi connectivity index (χ1n) is 17.5. The Morgan fingerprint density at radius 1 is 0.353 bits per heavy atom. The Morgan fingerprint density at radius 3 is 1.65 bits per heavy atom. The SMILES string of the molecule is c1ccc(-c2ccc(-c3ccccc3)n2-c2ccc3c(-c4ccc5ccccc5n4)c4ccccc4c(-c4cccc5ccccc45)c3c2)cc1. The molecular weight excluding hydrogens is 617 g/mol. The highest BCUT2D eigenvalue weighted by Crippen LogP contribution is 2.46. The molecule has 0 saturated carbocycles. The van der Waals surface area contributed by atoms with Crippen LogP contribution in [0.4, 0.5) is 0 Å². The van der Waals surface area contributed by atoms with E-state index < -0.39 is 0 Å². The Bertz CT molecular complexity index is 2840. The van der Waals surface area contributed by atoms with Gasteiger partial charge in [0, 0.05) is 16.6 Å². The summed E-state index contributed by atoms with van der Waals surface area (Å²) >= 11 is 0. The van der Waals surface area contributed by atoms with Crippen LogP contribution in [-0.4, -0.2) is 9.55 Å². The molecule has 10 aromatic rings. The van der Waals surface area contributed by atoms with Crippen molar-refractivity contribution >= 4 is 43.2 Å². The van der Waals surface area contributed by atoms with Gasteiger partial charge in [0.25, 0.3) is 0 Å². The van der Waals surface area contributed by atoms with Crippen LogP contribution in [0, 0.1) is 0 Å². The summed E-state index contributed by atoms with van der Waals surface area (Å²) in [6, 6.07) is 69.9. The zero-order valence-corrected chi connectivity index (χ0v) is 27.9. The molecule has 0 radical (unpaired) electrons. The van der Waals surface area contributed by atoms with Crippen molar-refractivity contribution in [2.45, 2.75) is 0 Å². The van der Waals surface area contributed by atoms with Gasteiger partial charge < -0.3 is 4.57 Å². The number of nitrogens with zero attached hydrogens (tertiary/aromatic N) is 2. The van der Waals surface area contributed by atoms with Crippen LogP contribution in [0.1, 0.15) is 0 Å². The predicted molar refractivity (Wildman–Crippen MR) is 215 cm³/mol. The maximum Gasteiger partial charge on any atom is 0.0722 e. The minimum atomic E-state index is 0.975. The molecule has 0 aliphatic rings. The number of fused-ring (bicyclic) bond motifs is 4. The first-order chi connectivity index (χ1) is 25.3. The summed E-state index contributed by atoms with van der Waals surface area (Å²) in [7, 11) is 0. The van der Waals surface area contributed by atoms with Gasteiger partial charge in [0.2, 0.25) is 0 Å². The van der Waals surface area contributed by atoms with Crippen molar-refractivity contribution in [1.82, 2.24) is 9.55 Å². The average Bonchev–Trinajstić information content (AvgIpc) is 3.66. The highest BCUT2D eigenvalue weighted by atomic mass is 15.0. The van der Waals surface area contributed by atoms with Crippen LogP contribution < -0.4 is 0 Å². The fourth-order valence-corrected chi connectivity index (χ4v) is 7.90. The maximum atomic E-state index is 5.27. The van der Waals surface area contributed by atoms with Crippen molar-refractivity contribution in [3.8, 4) is 50.6 Å². The molecule has 0 spiro atoms. The molecular formula is C49H32N2. The van der Waals surface area contributed by atoms with Crippen molar-refractivity contribution in [2.24, 2.45) is 0 Å². The van der Waals surface area contributed by atoms with Crippen LogP contribution in [0.15, 0.2) is 194 Å². The molecule has 0 amide bonds. The van der Waals surface area contributed by atoms with E-state index in [1.165, 1.54) is 54.6 Å². The topological polar surface area (TPSA) is 17.8 Å². The van der Waals surface area contributed by atoms with Gasteiger partial charge in [0.15, 0.2) is 0 Å². The fourth-order valence-electron chi connectivity index (χ4n) is 7.90. The van der Waals surface area contributed by atoms with Crippen LogP contribution in [0.5, 0.6) is 0 Å². The third-order valence-corrected chi connectivity index (χ3v) is 10.2. The van der Waals surface area contributed by atoms with E-state index in [-0.39, 0.29) is 0 Å². The van der Waals surface area contributed by atoms with E-state index in [0.717, 1.165) is 39.2 Å². The first kappa shape index (κ1) is 29.2. The van der Waals surface area contributed by atoms with Crippen LogP contribution in [0.2, 0.25) is 0 Å². The minimum Gasteiger partial charge on any atom is -0.309 e. The van der Waals surface area contributed by atoms with Gasteiger partial charge in [-0.15, -0.1) is 0 Å². The fraction of sp³-hybridized carbons (Fsp3) is 0. The van der Waals surface area contributed by atoms with E-state index in [4.69, 9.17) is 4.98 Å². The van der Waals surface area contributed by atoms with Crippen molar-refractivity contribution in [2.75, 3.05) is 0 Å². The predicted octanol–water partition coefficient (Wildman–Crippen LogP) is 13.2. The molecule has 0 fully saturated rings. The van der Waals surface area contributed by atoms with E-state index in [0.29, 0.717) is 0 Å². The van der Waals surface area contributed by atoms with Gasteiger partial charge in [0.05, 0.1) is 22.6 Å². The summed E-state index contributed by atoms with van der Waals surface area (Å²) < 4.78 is 2.42. The lowest BCUT2D eigenvalue weighted by molar-refractivity contribution is 1.10. The van der Waals surface area contributed by atoms with Gasteiger partial charge in [-0.3, -0.25) is 0 Å². The molecule has 2 aromatic heterocycles. The van der Waals surface area contributed by atoms with Gasteiger partial charge in [0.1, 0.15) is 0 Å². The maximum absolute atomic E-state index is 5.27. The monoisotopic (exact) mass is 648 g/mol. The van der Waals surface area contributed by atoms with E-state index in [1.54, 1.807) is 0 Å². The van der Waals surface area contributed by atoms with Gasteiger partial charge in [-0.25, -0.2) is 4.98 Å². The van der Waals surface area contributed by atoms with Gasteiger partial charge in [-0.1, -0.05) is 158 Å². The number of benzene rings is 8. The number of hydrogen-bond acceptors (Lipinski definition) is 1. The molecule has 8 aromatic carbocycles. The normalized spacial score (nSPS) is 11.5. The Labute approximate surface area is 296 Å². The highest BCUT2D eigenvalue weighted by molar-refractivity contribution is 6.23. The van der Waals surface area contributed by atoms with Crippen LogP contribution in [0.25, 0.3) is 93.8 Å². The van der Waals surface area contributed by atoms with Crippen molar-refractivity contribution < 1.29 is 0 Å². The van der Waals surface area contributed by atoms with Gasteiger partial charge in [-0.05, 0) is 91.0 Å². The molecule has 0 unspecified atom stereocenters. The zero-order chi connectivity index (χ0) is 33.7. The van der Waals surface area contributed by atoms with E-state index in [1.807, 2.05) is 0 Å². The van der Waals surface area contributed by atoms with Crippen LogP contribution in [0.3, 0.4) is 0 Å². The number of hydrogen-bond donors (Lipinski definition) is 0. The minimum absolute atomic E-state index is 0.975. The average molecular weight is 649 g/mol. The summed E-state index contributed by atoms with van der Waals surface area (Å²) in [4.78, 5) is 5.27. The number of aromatic nitrogens is 2. The smallest absolute Gasteiger partial charge is 0.0722 e. The summed E-state index contributed by atoms with van der Waals surface area (Å²) in [5, 5.41) is 8.38. The standard InChI is InChI=1S/C49H32N2/c1-3-16-35(17-4-1)46-30-31-47(36-18-5-2-6-19-36)51(46)37-27-28-42-43(32-37)48(39-24-13-20-33-14-7-9-21-38(33)39)40-22-10-11-23-41(40)49(42)45-29-26-34-15-8-12-25-44(34)50-45/h1-32H. The van der Waals surface area contributed by atoms with Crippen molar-refractivity contribution in [3.05, 3.63) is 194 Å². The largest absolute Gasteiger partial charge is 0.309 e. The first-order valence-corrected chi connectivity index (χ1v) is 17.5.